The topological polar surface area (TPSA) is 45.7 Å². The van der Waals surface area contributed by atoms with Crippen LogP contribution in [0.15, 0.2) is 29.3 Å². The number of halogens is 1. The van der Waals surface area contributed by atoms with Gasteiger partial charge in [0, 0.05) is 31.8 Å². The molecule has 1 unspecified atom stereocenters. The van der Waals surface area contributed by atoms with Crippen LogP contribution in [0.2, 0.25) is 5.02 Å². The first kappa shape index (κ1) is 15.8. The van der Waals surface area contributed by atoms with Crippen molar-refractivity contribution in [1.82, 2.24) is 10.6 Å². The third kappa shape index (κ3) is 6.45. The van der Waals surface area contributed by atoms with E-state index in [-0.39, 0.29) is 6.04 Å². The number of aliphatic imine (C=N–C) groups is 1. The second-order valence-corrected chi connectivity index (χ2v) is 4.82. The van der Waals surface area contributed by atoms with Crippen LogP contribution in [0.4, 0.5) is 0 Å². The fourth-order valence-corrected chi connectivity index (χ4v) is 1.95. The molecule has 1 rings (SSSR count). The Hall–Kier alpha value is -1.26. The van der Waals surface area contributed by atoms with Crippen molar-refractivity contribution in [3.8, 4) is 0 Å². The average molecular weight is 284 g/mol. The molecule has 1 atom stereocenters. The minimum Gasteiger partial charge on any atom is -0.383 e. The average Bonchev–Trinajstić information content (AvgIpc) is 2.38. The minimum absolute atomic E-state index is 0.224. The number of guanidine groups is 1. The summed E-state index contributed by atoms with van der Waals surface area (Å²) in [5.74, 6) is 0.784. The molecule has 4 nitrogen and oxygen atoms in total. The number of benzene rings is 1. The summed E-state index contributed by atoms with van der Waals surface area (Å²) in [5, 5.41) is 7.29. The van der Waals surface area contributed by atoms with Crippen LogP contribution in [0.25, 0.3) is 0 Å². The summed E-state index contributed by atoms with van der Waals surface area (Å²) in [7, 11) is 3.45. The van der Waals surface area contributed by atoms with Gasteiger partial charge in [-0.2, -0.15) is 0 Å². The van der Waals surface area contributed by atoms with Crippen LogP contribution in [0.5, 0.6) is 0 Å². The predicted octanol–water partition coefficient (Wildman–Crippen LogP) is 2.08. The lowest BCUT2D eigenvalue weighted by atomic mass is 10.1. The Kier molecular flexibility index (Phi) is 7.30. The van der Waals surface area contributed by atoms with E-state index in [2.05, 4.69) is 21.7 Å². The normalized spacial score (nSPS) is 13.2. The number of hydrogen-bond donors (Lipinski definition) is 2. The van der Waals surface area contributed by atoms with Gasteiger partial charge >= 0.3 is 0 Å². The van der Waals surface area contributed by atoms with Crippen LogP contribution in [0, 0.1) is 0 Å². The monoisotopic (exact) mass is 283 g/mol. The molecule has 5 heteroatoms. The van der Waals surface area contributed by atoms with Gasteiger partial charge in [0.15, 0.2) is 5.96 Å². The van der Waals surface area contributed by atoms with Gasteiger partial charge in [0.05, 0.1) is 6.61 Å². The number of methoxy groups -OCH3 is 1. The number of hydrogen-bond acceptors (Lipinski definition) is 2. The molecule has 0 aromatic heterocycles. The highest BCUT2D eigenvalue weighted by molar-refractivity contribution is 6.30. The zero-order chi connectivity index (χ0) is 14.1. The van der Waals surface area contributed by atoms with Gasteiger partial charge < -0.3 is 15.4 Å². The summed E-state index contributed by atoms with van der Waals surface area (Å²) >= 11 is 5.95. The maximum absolute atomic E-state index is 5.95. The minimum atomic E-state index is 0.224. The molecule has 0 heterocycles. The van der Waals surface area contributed by atoms with Crippen molar-refractivity contribution in [1.29, 1.82) is 0 Å². The van der Waals surface area contributed by atoms with Gasteiger partial charge in [-0.3, -0.25) is 4.99 Å². The quantitative estimate of drug-likeness (QED) is 0.621. The number of nitrogens with zero attached hydrogens (tertiary/aromatic N) is 1. The first-order valence-electron chi connectivity index (χ1n) is 6.36. The van der Waals surface area contributed by atoms with Crippen molar-refractivity contribution < 1.29 is 4.74 Å². The predicted molar refractivity (Wildman–Crippen MR) is 81.0 cm³/mol. The Morgan fingerprint density at radius 3 is 2.89 bits per heavy atom. The van der Waals surface area contributed by atoms with Crippen LogP contribution in [0.1, 0.15) is 12.5 Å². The molecule has 0 saturated heterocycles. The maximum Gasteiger partial charge on any atom is 0.191 e. The molecule has 0 aliphatic heterocycles. The van der Waals surface area contributed by atoms with Gasteiger partial charge in [0.25, 0.3) is 0 Å². The van der Waals surface area contributed by atoms with Crippen molar-refractivity contribution in [3.63, 3.8) is 0 Å². The summed E-state index contributed by atoms with van der Waals surface area (Å²) in [6.07, 6.45) is 0.903. The van der Waals surface area contributed by atoms with Gasteiger partial charge in [0.1, 0.15) is 0 Å². The zero-order valence-corrected chi connectivity index (χ0v) is 12.5. The summed E-state index contributed by atoms with van der Waals surface area (Å²) in [6.45, 7) is 3.50. The van der Waals surface area contributed by atoms with Crippen molar-refractivity contribution >= 4 is 17.6 Å². The van der Waals surface area contributed by atoms with Gasteiger partial charge in [-0.25, -0.2) is 0 Å². The van der Waals surface area contributed by atoms with Crippen LogP contribution in [0.3, 0.4) is 0 Å². The molecule has 1 aromatic carbocycles. The van der Waals surface area contributed by atoms with E-state index < -0.39 is 0 Å². The second-order valence-electron chi connectivity index (χ2n) is 4.38. The molecule has 106 valence electrons. The van der Waals surface area contributed by atoms with Crippen molar-refractivity contribution in [2.45, 2.75) is 19.4 Å². The van der Waals surface area contributed by atoms with Gasteiger partial charge in [-0.1, -0.05) is 23.7 Å². The van der Waals surface area contributed by atoms with E-state index in [1.807, 2.05) is 25.1 Å². The Labute approximate surface area is 120 Å². The molecule has 0 saturated carbocycles. The van der Waals surface area contributed by atoms with Crippen LogP contribution < -0.4 is 10.6 Å². The molecular weight excluding hydrogens is 262 g/mol. The zero-order valence-electron chi connectivity index (χ0n) is 11.7. The first-order chi connectivity index (χ1) is 9.15. The molecule has 0 spiro atoms. The van der Waals surface area contributed by atoms with Crippen LogP contribution in [-0.2, 0) is 11.2 Å². The Balaban J connectivity index is 2.34. The Morgan fingerprint density at radius 2 is 2.26 bits per heavy atom. The lowest BCUT2D eigenvalue weighted by molar-refractivity contribution is 0.179. The highest BCUT2D eigenvalue weighted by Crippen LogP contribution is 2.10. The highest BCUT2D eigenvalue weighted by atomic mass is 35.5. The standard InChI is InChI=1S/C14H22ClN3O/c1-11(10-19-3)18-14(16-2)17-8-7-12-5-4-6-13(15)9-12/h4-6,9,11H,7-8,10H2,1-3H3,(H2,16,17,18). The van der Waals surface area contributed by atoms with Crippen molar-refractivity contribution in [3.05, 3.63) is 34.9 Å². The molecule has 19 heavy (non-hydrogen) atoms. The smallest absolute Gasteiger partial charge is 0.191 e. The highest BCUT2D eigenvalue weighted by Gasteiger charge is 2.04. The van der Waals surface area contributed by atoms with E-state index in [4.69, 9.17) is 16.3 Å². The molecular formula is C14H22ClN3O. The number of ether oxygens (including phenoxy) is 1. The van der Waals surface area contributed by atoms with Crippen molar-refractivity contribution in [2.75, 3.05) is 27.3 Å². The van der Waals surface area contributed by atoms with E-state index in [1.165, 1.54) is 5.56 Å². The fraction of sp³-hybridized carbons (Fsp3) is 0.500. The fourth-order valence-electron chi connectivity index (χ4n) is 1.74. The molecule has 0 radical (unpaired) electrons. The summed E-state index contributed by atoms with van der Waals surface area (Å²) in [4.78, 5) is 4.17. The molecule has 0 aliphatic rings. The van der Waals surface area contributed by atoms with E-state index in [0.717, 1.165) is 23.9 Å². The number of rotatable bonds is 6. The lowest BCUT2D eigenvalue weighted by Gasteiger charge is -2.17. The molecule has 0 amide bonds. The third-order valence-electron chi connectivity index (χ3n) is 2.62. The second kappa shape index (κ2) is 8.77. The summed E-state index contributed by atoms with van der Waals surface area (Å²) < 4.78 is 5.08. The summed E-state index contributed by atoms with van der Waals surface area (Å²) in [6, 6.07) is 8.11. The van der Waals surface area contributed by atoms with Crippen LogP contribution >= 0.6 is 11.6 Å². The van der Waals surface area contributed by atoms with Gasteiger partial charge in [-0.05, 0) is 31.0 Å². The first-order valence-corrected chi connectivity index (χ1v) is 6.74. The van der Waals surface area contributed by atoms with Gasteiger partial charge in [-0.15, -0.1) is 0 Å². The SMILES string of the molecule is CN=C(NCCc1cccc(Cl)c1)NC(C)COC. The third-order valence-corrected chi connectivity index (χ3v) is 2.85. The van der Waals surface area contributed by atoms with E-state index >= 15 is 0 Å². The number of nitrogens with one attached hydrogen (secondary N) is 2. The van der Waals surface area contributed by atoms with Gasteiger partial charge in [0.2, 0.25) is 0 Å². The largest absolute Gasteiger partial charge is 0.383 e. The molecule has 1 aromatic rings. The summed E-state index contributed by atoms with van der Waals surface area (Å²) in [5.41, 5.74) is 1.21. The lowest BCUT2D eigenvalue weighted by Crippen LogP contribution is -2.44. The van der Waals surface area contributed by atoms with E-state index in [0.29, 0.717) is 6.61 Å². The van der Waals surface area contributed by atoms with Crippen LogP contribution in [-0.4, -0.2) is 39.3 Å². The van der Waals surface area contributed by atoms with E-state index in [1.54, 1.807) is 14.2 Å². The molecule has 0 bridgehead atoms. The Morgan fingerprint density at radius 1 is 1.47 bits per heavy atom. The van der Waals surface area contributed by atoms with Crippen molar-refractivity contribution in [2.24, 2.45) is 4.99 Å². The van der Waals surface area contributed by atoms with E-state index in [9.17, 15) is 0 Å². The maximum atomic E-state index is 5.95. The Bertz CT molecular complexity index is 409. The molecule has 0 fully saturated rings. The molecule has 0 aliphatic carbocycles. The molecule has 2 N–H and O–H groups in total.